The average Bonchev–Trinajstić information content (AvgIpc) is 3.09. The number of carbonyl (C=O) groups excluding carboxylic acids is 1. The van der Waals surface area contributed by atoms with Crippen LogP contribution in [0.2, 0.25) is 0 Å². The molecule has 3 aromatic rings. The molecular weight excluding hydrogens is 326 g/mol. The Bertz CT molecular complexity index is 737. The lowest BCUT2D eigenvalue weighted by Gasteiger charge is -1.98. The predicted octanol–water partition coefficient (Wildman–Crippen LogP) is 2.27. The van der Waals surface area contributed by atoms with Gasteiger partial charge in [-0.3, -0.25) is 4.79 Å². The number of nitrogens with zero attached hydrogens (tertiary/aromatic N) is 4. The van der Waals surface area contributed by atoms with Gasteiger partial charge in [-0.15, -0.1) is 0 Å². The summed E-state index contributed by atoms with van der Waals surface area (Å²) < 4.78 is 7.12. The molecule has 7 nitrogen and oxygen atoms in total. The van der Waals surface area contributed by atoms with Crippen molar-refractivity contribution in [2.24, 2.45) is 0 Å². The number of furan rings is 1. The van der Waals surface area contributed by atoms with Crippen LogP contribution in [0.15, 0.2) is 52.1 Å². The Hall–Kier alpha value is -2.48. The number of hydrogen-bond acceptors (Lipinski definition) is 5. The van der Waals surface area contributed by atoms with E-state index >= 15 is 0 Å². The van der Waals surface area contributed by atoms with Crippen LogP contribution in [0.1, 0.15) is 10.6 Å². The molecule has 0 atom stereocenters. The van der Waals surface area contributed by atoms with E-state index in [1.807, 2.05) is 0 Å². The molecule has 0 unspecified atom stereocenters. The van der Waals surface area contributed by atoms with Crippen LogP contribution in [-0.4, -0.2) is 25.7 Å². The second kappa shape index (κ2) is 5.25. The highest BCUT2D eigenvalue weighted by molar-refractivity contribution is 9.10. The molecule has 20 heavy (non-hydrogen) atoms. The highest BCUT2D eigenvalue weighted by Crippen LogP contribution is 2.16. The minimum Gasteiger partial charge on any atom is -0.444 e. The van der Waals surface area contributed by atoms with Crippen molar-refractivity contribution in [2.75, 3.05) is 5.32 Å². The summed E-state index contributed by atoms with van der Waals surface area (Å²) >= 11 is 3.14. The summed E-state index contributed by atoms with van der Waals surface area (Å²) in [7, 11) is 0. The highest BCUT2D eigenvalue weighted by atomic mass is 79.9. The molecule has 8 heteroatoms. The molecule has 0 aromatic carbocycles. The molecule has 0 fully saturated rings. The average molecular weight is 334 g/mol. The molecule has 0 aliphatic carbocycles. The second-order valence-corrected chi connectivity index (χ2v) is 4.56. The van der Waals surface area contributed by atoms with E-state index in [-0.39, 0.29) is 11.7 Å². The van der Waals surface area contributed by atoms with Gasteiger partial charge >= 0.3 is 0 Å². The first-order valence-electron chi connectivity index (χ1n) is 5.61. The van der Waals surface area contributed by atoms with Gasteiger partial charge < -0.3 is 9.73 Å². The first-order valence-corrected chi connectivity index (χ1v) is 6.40. The summed E-state index contributed by atoms with van der Waals surface area (Å²) in [5.74, 6) is 0.276. The molecule has 3 rings (SSSR count). The maximum absolute atomic E-state index is 11.9. The third-order valence-corrected chi connectivity index (χ3v) is 2.82. The molecular formula is C12H8BrN5O2. The van der Waals surface area contributed by atoms with Gasteiger partial charge in [0, 0.05) is 12.4 Å². The van der Waals surface area contributed by atoms with Crippen LogP contribution in [-0.2, 0) is 0 Å². The molecule has 0 saturated carbocycles. The standard InChI is InChI=1S/C12H8BrN5O2/c13-10-3-2-9(20-10)11(19)17-8-6-16-18(7-8)12-14-4-1-5-15-12/h1-7H,(H,17,19). The first kappa shape index (κ1) is 12.5. The summed E-state index contributed by atoms with van der Waals surface area (Å²) in [6.07, 6.45) is 6.35. The summed E-state index contributed by atoms with van der Waals surface area (Å²) in [5.41, 5.74) is 0.523. The molecule has 0 aliphatic rings. The molecule has 0 spiro atoms. The van der Waals surface area contributed by atoms with Gasteiger partial charge in [0.1, 0.15) is 0 Å². The fourth-order valence-corrected chi connectivity index (χ4v) is 1.84. The number of halogens is 1. The van der Waals surface area contributed by atoms with Crippen LogP contribution >= 0.6 is 15.9 Å². The Morgan fingerprint density at radius 3 is 2.80 bits per heavy atom. The van der Waals surface area contributed by atoms with Crippen LogP contribution in [0.3, 0.4) is 0 Å². The number of amides is 1. The molecule has 0 radical (unpaired) electrons. The second-order valence-electron chi connectivity index (χ2n) is 3.78. The van der Waals surface area contributed by atoms with E-state index in [4.69, 9.17) is 4.42 Å². The third-order valence-electron chi connectivity index (χ3n) is 2.39. The number of rotatable bonds is 3. The van der Waals surface area contributed by atoms with Crippen LogP contribution < -0.4 is 5.32 Å². The Kier molecular flexibility index (Phi) is 3.30. The first-order chi connectivity index (χ1) is 9.72. The van der Waals surface area contributed by atoms with Gasteiger partial charge in [0.25, 0.3) is 5.91 Å². The van der Waals surface area contributed by atoms with Gasteiger partial charge in [0.15, 0.2) is 10.4 Å². The van der Waals surface area contributed by atoms with Gasteiger partial charge in [0.05, 0.1) is 18.1 Å². The van der Waals surface area contributed by atoms with Crippen molar-refractivity contribution in [1.82, 2.24) is 19.7 Å². The van der Waals surface area contributed by atoms with Crippen molar-refractivity contribution in [2.45, 2.75) is 0 Å². The van der Waals surface area contributed by atoms with Gasteiger partial charge in [0.2, 0.25) is 5.95 Å². The third kappa shape index (κ3) is 2.59. The van der Waals surface area contributed by atoms with Gasteiger partial charge in [-0.25, -0.2) is 14.6 Å². The molecule has 0 bridgehead atoms. The van der Waals surface area contributed by atoms with E-state index in [0.29, 0.717) is 16.3 Å². The maximum Gasteiger partial charge on any atom is 0.291 e. The summed E-state index contributed by atoms with van der Waals surface area (Å²) in [6.45, 7) is 0. The lowest BCUT2D eigenvalue weighted by atomic mass is 10.4. The van der Waals surface area contributed by atoms with Crippen molar-refractivity contribution in [3.8, 4) is 5.95 Å². The zero-order chi connectivity index (χ0) is 13.9. The molecule has 1 amide bonds. The SMILES string of the molecule is O=C(Nc1cnn(-c2ncccn2)c1)c1ccc(Br)o1. The molecule has 0 aliphatic heterocycles. The fraction of sp³-hybridized carbons (Fsp3) is 0. The topological polar surface area (TPSA) is 85.8 Å². The lowest BCUT2D eigenvalue weighted by molar-refractivity contribution is 0.0995. The van der Waals surface area contributed by atoms with Crippen molar-refractivity contribution >= 4 is 27.5 Å². The molecule has 1 N–H and O–H groups in total. The number of anilines is 1. The van der Waals surface area contributed by atoms with Crippen LogP contribution in [0.4, 0.5) is 5.69 Å². The Morgan fingerprint density at radius 1 is 1.30 bits per heavy atom. The summed E-state index contributed by atoms with van der Waals surface area (Å²) in [5, 5.41) is 6.74. The molecule has 3 aromatic heterocycles. The Labute approximate surface area is 121 Å². The number of aromatic nitrogens is 4. The minimum absolute atomic E-state index is 0.209. The Morgan fingerprint density at radius 2 is 2.10 bits per heavy atom. The largest absolute Gasteiger partial charge is 0.444 e. The van der Waals surface area contributed by atoms with E-state index < -0.39 is 0 Å². The normalized spacial score (nSPS) is 10.4. The number of hydrogen-bond donors (Lipinski definition) is 1. The van der Waals surface area contributed by atoms with Crippen LogP contribution in [0, 0.1) is 0 Å². The molecule has 3 heterocycles. The van der Waals surface area contributed by atoms with Gasteiger partial charge in [-0.1, -0.05) is 0 Å². The van der Waals surface area contributed by atoms with Crippen molar-refractivity contribution < 1.29 is 9.21 Å². The van der Waals surface area contributed by atoms with Crippen molar-refractivity contribution in [3.05, 3.63) is 53.4 Å². The van der Waals surface area contributed by atoms with E-state index in [0.717, 1.165) is 0 Å². The van der Waals surface area contributed by atoms with E-state index in [1.165, 1.54) is 10.9 Å². The van der Waals surface area contributed by atoms with Crippen molar-refractivity contribution in [1.29, 1.82) is 0 Å². The fourth-order valence-electron chi connectivity index (χ4n) is 1.54. The molecule has 0 saturated heterocycles. The van der Waals surface area contributed by atoms with Crippen LogP contribution in [0.25, 0.3) is 5.95 Å². The summed E-state index contributed by atoms with van der Waals surface area (Å²) in [4.78, 5) is 20.0. The van der Waals surface area contributed by atoms with Gasteiger partial charge in [-0.05, 0) is 34.1 Å². The lowest BCUT2D eigenvalue weighted by Crippen LogP contribution is -2.10. The van der Waals surface area contributed by atoms with E-state index in [2.05, 4.69) is 36.3 Å². The van der Waals surface area contributed by atoms with Gasteiger partial charge in [-0.2, -0.15) is 5.10 Å². The Balaban J connectivity index is 1.76. The number of carbonyl (C=O) groups is 1. The zero-order valence-corrected chi connectivity index (χ0v) is 11.6. The predicted molar refractivity (Wildman–Crippen MR) is 73.5 cm³/mol. The minimum atomic E-state index is -0.357. The smallest absolute Gasteiger partial charge is 0.291 e. The molecule has 100 valence electrons. The van der Waals surface area contributed by atoms with Crippen molar-refractivity contribution in [3.63, 3.8) is 0 Å². The number of nitrogens with one attached hydrogen (secondary N) is 1. The van der Waals surface area contributed by atoms with E-state index in [9.17, 15) is 4.79 Å². The quantitative estimate of drug-likeness (QED) is 0.794. The van der Waals surface area contributed by atoms with Crippen LogP contribution in [0.5, 0.6) is 0 Å². The zero-order valence-electron chi connectivity index (χ0n) is 10.0. The monoisotopic (exact) mass is 333 g/mol. The maximum atomic E-state index is 11.9. The summed E-state index contributed by atoms with van der Waals surface area (Å²) in [6, 6.07) is 4.94. The van der Waals surface area contributed by atoms with E-state index in [1.54, 1.807) is 36.8 Å². The highest BCUT2D eigenvalue weighted by Gasteiger charge is 2.12.